The highest BCUT2D eigenvalue weighted by Crippen LogP contribution is 2.27. The summed E-state index contributed by atoms with van der Waals surface area (Å²) in [6.45, 7) is 3.20. The minimum Gasteiger partial charge on any atom is -0.334 e. The third-order valence-electron chi connectivity index (χ3n) is 3.58. The number of halogens is 1. The lowest BCUT2D eigenvalue weighted by Gasteiger charge is -2.06. The quantitative estimate of drug-likeness (QED) is 0.473. The van der Waals surface area contributed by atoms with E-state index < -0.39 is 0 Å². The summed E-state index contributed by atoms with van der Waals surface area (Å²) in [5.41, 5.74) is 2.17. The smallest absolute Gasteiger partial charge is 0.257 e. The molecule has 0 unspecified atom stereocenters. The van der Waals surface area contributed by atoms with Crippen molar-refractivity contribution in [1.82, 2.24) is 15.1 Å². The van der Waals surface area contributed by atoms with Gasteiger partial charge >= 0.3 is 0 Å². The molecule has 3 rings (SSSR count). The van der Waals surface area contributed by atoms with Gasteiger partial charge in [-0.15, -0.1) is 0 Å². The average molecular weight is 385 g/mol. The number of rotatable bonds is 5. The number of aromatic nitrogens is 3. The van der Waals surface area contributed by atoms with Crippen LogP contribution in [-0.4, -0.2) is 20.9 Å². The number of benzene rings is 1. The molecule has 26 heavy (non-hydrogen) atoms. The molecule has 2 heterocycles. The van der Waals surface area contributed by atoms with E-state index in [4.69, 9.17) is 16.1 Å². The van der Waals surface area contributed by atoms with Gasteiger partial charge in [-0.05, 0) is 44.2 Å². The van der Waals surface area contributed by atoms with Crippen LogP contribution in [-0.2, 0) is 5.75 Å². The summed E-state index contributed by atoms with van der Waals surface area (Å²) in [6, 6.07) is 10.7. The van der Waals surface area contributed by atoms with Crippen LogP contribution in [0.5, 0.6) is 0 Å². The predicted octanol–water partition coefficient (Wildman–Crippen LogP) is 4.46. The summed E-state index contributed by atoms with van der Waals surface area (Å²) >= 11 is 7.19. The Morgan fingerprint density at radius 3 is 2.69 bits per heavy atom. The van der Waals surface area contributed by atoms with Crippen LogP contribution in [0.3, 0.4) is 0 Å². The highest BCUT2D eigenvalue weighted by molar-refractivity contribution is 7.98. The SMILES string of the molecule is CC(=O)c1cc(C#N)c(SCc2noc(-c3ccc(Cl)cc3)n2)nc1C. The maximum Gasteiger partial charge on any atom is 0.257 e. The number of hydrogen-bond acceptors (Lipinski definition) is 7. The maximum absolute atomic E-state index is 11.6. The molecular formula is C18H13ClN4O2S. The summed E-state index contributed by atoms with van der Waals surface area (Å²) in [6.07, 6.45) is 0. The van der Waals surface area contributed by atoms with E-state index in [2.05, 4.69) is 21.2 Å². The van der Waals surface area contributed by atoms with Crippen molar-refractivity contribution in [2.45, 2.75) is 24.6 Å². The number of carbonyl (C=O) groups is 1. The van der Waals surface area contributed by atoms with Gasteiger partial charge in [-0.25, -0.2) is 4.98 Å². The molecule has 2 aromatic heterocycles. The first-order chi connectivity index (χ1) is 12.5. The van der Waals surface area contributed by atoms with E-state index in [1.807, 2.05) is 0 Å². The average Bonchev–Trinajstić information content (AvgIpc) is 3.09. The summed E-state index contributed by atoms with van der Waals surface area (Å²) in [7, 11) is 0. The normalized spacial score (nSPS) is 10.5. The lowest BCUT2D eigenvalue weighted by atomic mass is 10.1. The minimum absolute atomic E-state index is 0.117. The molecule has 3 aromatic rings. The van der Waals surface area contributed by atoms with Gasteiger partial charge in [0, 0.05) is 21.8 Å². The van der Waals surface area contributed by atoms with Gasteiger partial charge in [-0.3, -0.25) is 4.79 Å². The molecule has 6 nitrogen and oxygen atoms in total. The van der Waals surface area contributed by atoms with Crippen molar-refractivity contribution in [3.63, 3.8) is 0 Å². The Morgan fingerprint density at radius 2 is 2.04 bits per heavy atom. The molecule has 130 valence electrons. The standard InChI is InChI=1S/C18H13ClN4O2S/c1-10-15(11(2)24)7-13(8-20)18(21-10)26-9-16-22-17(25-23-16)12-3-5-14(19)6-4-12/h3-7H,9H2,1-2H3. The fraction of sp³-hybridized carbons (Fsp3) is 0.167. The Labute approximate surface area is 159 Å². The number of thioether (sulfide) groups is 1. The van der Waals surface area contributed by atoms with Gasteiger partial charge in [0.1, 0.15) is 11.1 Å². The Hall–Kier alpha value is -2.69. The van der Waals surface area contributed by atoms with E-state index >= 15 is 0 Å². The van der Waals surface area contributed by atoms with E-state index in [0.29, 0.717) is 44.3 Å². The van der Waals surface area contributed by atoms with Crippen molar-refractivity contribution in [1.29, 1.82) is 5.26 Å². The molecule has 0 N–H and O–H groups in total. The highest BCUT2D eigenvalue weighted by atomic mass is 35.5. The largest absolute Gasteiger partial charge is 0.334 e. The molecule has 0 atom stereocenters. The Balaban J connectivity index is 1.78. The van der Waals surface area contributed by atoms with Crippen LogP contribution >= 0.6 is 23.4 Å². The number of nitrogens with zero attached hydrogens (tertiary/aromatic N) is 4. The first-order valence-corrected chi connectivity index (χ1v) is 8.98. The van der Waals surface area contributed by atoms with E-state index in [1.54, 1.807) is 37.3 Å². The van der Waals surface area contributed by atoms with E-state index in [-0.39, 0.29) is 5.78 Å². The second kappa shape index (κ2) is 7.68. The summed E-state index contributed by atoms with van der Waals surface area (Å²) in [5, 5.41) is 14.4. The molecule has 0 spiro atoms. The second-order valence-corrected chi connectivity index (χ2v) is 6.85. The van der Waals surface area contributed by atoms with Gasteiger partial charge in [0.05, 0.1) is 11.3 Å². The number of ketones is 1. The van der Waals surface area contributed by atoms with E-state index in [0.717, 1.165) is 5.56 Å². The van der Waals surface area contributed by atoms with E-state index in [9.17, 15) is 10.1 Å². The van der Waals surface area contributed by atoms with Crippen LogP contribution in [0.2, 0.25) is 5.02 Å². The molecule has 8 heteroatoms. The zero-order chi connectivity index (χ0) is 18.7. The first-order valence-electron chi connectivity index (χ1n) is 7.62. The summed E-state index contributed by atoms with van der Waals surface area (Å²) in [4.78, 5) is 20.3. The molecule has 0 saturated heterocycles. The van der Waals surface area contributed by atoms with Crippen LogP contribution in [0, 0.1) is 18.3 Å². The zero-order valence-corrected chi connectivity index (χ0v) is 15.6. The Bertz CT molecular complexity index is 1010. The van der Waals surface area contributed by atoms with Gasteiger partial charge in [-0.2, -0.15) is 10.2 Å². The molecule has 0 radical (unpaired) electrons. The van der Waals surface area contributed by atoms with Crippen molar-refractivity contribution in [2.75, 3.05) is 0 Å². The highest BCUT2D eigenvalue weighted by Gasteiger charge is 2.15. The number of nitriles is 1. The molecule has 0 aliphatic heterocycles. The van der Waals surface area contributed by atoms with Crippen LogP contribution < -0.4 is 0 Å². The van der Waals surface area contributed by atoms with Gasteiger partial charge in [-0.1, -0.05) is 28.5 Å². The third kappa shape index (κ3) is 3.93. The van der Waals surface area contributed by atoms with Crippen LogP contribution in [0.1, 0.15) is 34.4 Å². The fourth-order valence-electron chi connectivity index (χ4n) is 2.29. The van der Waals surface area contributed by atoms with Gasteiger partial charge < -0.3 is 4.52 Å². The molecule has 0 saturated carbocycles. The number of carbonyl (C=O) groups excluding carboxylic acids is 1. The Morgan fingerprint density at radius 1 is 1.31 bits per heavy atom. The van der Waals surface area contributed by atoms with Gasteiger partial charge in [0.15, 0.2) is 11.6 Å². The van der Waals surface area contributed by atoms with Crippen LogP contribution in [0.4, 0.5) is 0 Å². The minimum atomic E-state index is -0.117. The van der Waals surface area contributed by atoms with Crippen LogP contribution in [0.15, 0.2) is 39.9 Å². The molecule has 0 amide bonds. The first kappa shape index (κ1) is 18.1. The van der Waals surface area contributed by atoms with Crippen molar-refractivity contribution in [3.8, 4) is 17.5 Å². The molecule has 0 bridgehead atoms. The zero-order valence-electron chi connectivity index (χ0n) is 14.0. The van der Waals surface area contributed by atoms with Gasteiger partial charge in [0.25, 0.3) is 5.89 Å². The molecule has 1 aromatic carbocycles. The molecule has 0 aliphatic rings. The third-order valence-corrected chi connectivity index (χ3v) is 4.81. The second-order valence-electron chi connectivity index (χ2n) is 5.45. The van der Waals surface area contributed by atoms with Gasteiger partial charge in [0.2, 0.25) is 0 Å². The van der Waals surface area contributed by atoms with Crippen molar-refractivity contribution < 1.29 is 9.32 Å². The molecule has 0 aliphatic carbocycles. The monoisotopic (exact) mass is 384 g/mol. The van der Waals surface area contributed by atoms with Crippen molar-refractivity contribution in [3.05, 3.63) is 58.0 Å². The number of hydrogen-bond donors (Lipinski definition) is 0. The number of pyridine rings is 1. The van der Waals surface area contributed by atoms with Crippen molar-refractivity contribution >= 4 is 29.1 Å². The van der Waals surface area contributed by atoms with Crippen LogP contribution in [0.25, 0.3) is 11.5 Å². The lowest BCUT2D eigenvalue weighted by molar-refractivity contribution is 0.101. The Kier molecular flexibility index (Phi) is 5.35. The fourth-order valence-corrected chi connectivity index (χ4v) is 3.26. The molecular weight excluding hydrogens is 372 g/mol. The number of Topliss-reactive ketones (excluding diaryl/α,β-unsaturated/α-hetero) is 1. The topological polar surface area (TPSA) is 92.7 Å². The van der Waals surface area contributed by atoms with Crippen molar-refractivity contribution in [2.24, 2.45) is 0 Å². The maximum atomic E-state index is 11.6. The summed E-state index contributed by atoms with van der Waals surface area (Å²) in [5.74, 6) is 1.15. The summed E-state index contributed by atoms with van der Waals surface area (Å²) < 4.78 is 5.26. The number of aryl methyl sites for hydroxylation is 1. The van der Waals surface area contributed by atoms with E-state index in [1.165, 1.54) is 18.7 Å². The predicted molar refractivity (Wildman–Crippen MR) is 98.0 cm³/mol. The lowest BCUT2D eigenvalue weighted by Crippen LogP contribution is -2.02. The molecule has 0 fully saturated rings.